The van der Waals surface area contributed by atoms with E-state index in [0.29, 0.717) is 19.5 Å². The van der Waals surface area contributed by atoms with Crippen molar-refractivity contribution < 1.29 is 19.1 Å². The summed E-state index contributed by atoms with van der Waals surface area (Å²) in [7, 11) is 1.33. The van der Waals surface area contributed by atoms with Crippen LogP contribution in [0.4, 0.5) is 4.79 Å². The third kappa shape index (κ3) is 5.36. The minimum atomic E-state index is -0.622. The maximum atomic E-state index is 12.0. The Kier molecular flexibility index (Phi) is 5.80. The van der Waals surface area contributed by atoms with Crippen LogP contribution in [0.25, 0.3) is 0 Å². The monoisotopic (exact) mass is 286 g/mol. The molecule has 1 saturated heterocycles. The van der Waals surface area contributed by atoms with Gasteiger partial charge in [0.05, 0.1) is 7.11 Å². The average molecular weight is 286 g/mol. The number of piperidine rings is 1. The lowest BCUT2D eigenvalue weighted by Gasteiger charge is -2.34. The molecule has 1 aliphatic heterocycles. The van der Waals surface area contributed by atoms with E-state index in [0.717, 1.165) is 12.8 Å². The molecule has 0 aromatic carbocycles. The summed E-state index contributed by atoms with van der Waals surface area (Å²) in [6.07, 6.45) is 2.10. The molecule has 2 atom stereocenters. The van der Waals surface area contributed by atoms with E-state index in [2.05, 4.69) is 4.74 Å². The zero-order chi connectivity index (χ0) is 15.3. The molecule has 0 saturated carbocycles. The van der Waals surface area contributed by atoms with Crippen LogP contribution in [-0.2, 0) is 14.3 Å². The van der Waals surface area contributed by atoms with Crippen molar-refractivity contribution in [2.75, 3.05) is 20.2 Å². The number of nitrogens with two attached hydrogens (primary N) is 1. The molecular formula is C14H26N2O4. The van der Waals surface area contributed by atoms with E-state index in [1.165, 1.54) is 7.11 Å². The predicted molar refractivity (Wildman–Crippen MR) is 75.1 cm³/mol. The van der Waals surface area contributed by atoms with Gasteiger partial charge < -0.3 is 20.1 Å². The van der Waals surface area contributed by atoms with Gasteiger partial charge in [-0.3, -0.25) is 4.79 Å². The summed E-state index contributed by atoms with van der Waals surface area (Å²) in [4.78, 5) is 25.0. The van der Waals surface area contributed by atoms with Gasteiger partial charge in [-0.1, -0.05) is 0 Å². The number of nitrogens with zero attached hydrogens (tertiary/aromatic N) is 1. The van der Waals surface area contributed by atoms with Crippen molar-refractivity contribution >= 4 is 12.1 Å². The van der Waals surface area contributed by atoms with Crippen molar-refractivity contribution in [3.05, 3.63) is 0 Å². The third-order valence-electron chi connectivity index (χ3n) is 3.26. The molecule has 1 rings (SSSR count). The number of amides is 1. The van der Waals surface area contributed by atoms with Crippen molar-refractivity contribution in [3.8, 4) is 0 Å². The Bertz CT molecular complexity index is 352. The average Bonchev–Trinajstić information content (AvgIpc) is 2.36. The van der Waals surface area contributed by atoms with Gasteiger partial charge in [-0.05, 0) is 46.0 Å². The van der Waals surface area contributed by atoms with Gasteiger partial charge in [0.2, 0.25) is 0 Å². The molecule has 116 valence electrons. The molecule has 1 fully saturated rings. The zero-order valence-corrected chi connectivity index (χ0v) is 12.8. The van der Waals surface area contributed by atoms with Crippen LogP contribution in [0, 0.1) is 5.92 Å². The quantitative estimate of drug-likeness (QED) is 0.795. The Morgan fingerprint density at radius 2 is 2.05 bits per heavy atom. The molecule has 1 aliphatic rings. The van der Waals surface area contributed by atoms with Crippen LogP contribution in [0.15, 0.2) is 0 Å². The summed E-state index contributed by atoms with van der Waals surface area (Å²) >= 11 is 0. The van der Waals surface area contributed by atoms with Gasteiger partial charge >= 0.3 is 12.1 Å². The van der Waals surface area contributed by atoms with Gasteiger partial charge in [0.25, 0.3) is 0 Å². The molecule has 0 aromatic heterocycles. The van der Waals surface area contributed by atoms with Gasteiger partial charge in [-0.15, -0.1) is 0 Å². The lowest BCUT2D eigenvalue weighted by molar-refractivity contribution is -0.142. The van der Waals surface area contributed by atoms with E-state index in [4.69, 9.17) is 10.5 Å². The highest BCUT2D eigenvalue weighted by Crippen LogP contribution is 2.22. The van der Waals surface area contributed by atoms with Crippen LogP contribution in [0.5, 0.6) is 0 Å². The lowest BCUT2D eigenvalue weighted by atomic mass is 9.92. The first-order chi connectivity index (χ1) is 9.23. The van der Waals surface area contributed by atoms with Crippen LogP contribution in [0.2, 0.25) is 0 Å². The summed E-state index contributed by atoms with van der Waals surface area (Å²) < 4.78 is 9.99. The number of hydrogen-bond acceptors (Lipinski definition) is 5. The number of likely N-dealkylation sites (tertiary alicyclic amines) is 1. The predicted octanol–water partition coefficient (Wildman–Crippen LogP) is 1.52. The number of carbonyl (C=O) groups excluding carboxylic acids is 2. The van der Waals surface area contributed by atoms with Crippen LogP contribution in [0.1, 0.15) is 40.0 Å². The van der Waals surface area contributed by atoms with Crippen molar-refractivity contribution in [1.29, 1.82) is 0 Å². The Hall–Kier alpha value is -1.30. The highest BCUT2D eigenvalue weighted by atomic mass is 16.6. The normalized spacial score (nSPS) is 21.2. The zero-order valence-electron chi connectivity index (χ0n) is 12.8. The molecule has 0 aromatic rings. The molecule has 6 heteroatoms. The van der Waals surface area contributed by atoms with Crippen LogP contribution in [-0.4, -0.2) is 48.8 Å². The Morgan fingerprint density at radius 1 is 1.40 bits per heavy atom. The van der Waals surface area contributed by atoms with Crippen molar-refractivity contribution in [1.82, 2.24) is 4.90 Å². The maximum absolute atomic E-state index is 12.0. The first-order valence-corrected chi connectivity index (χ1v) is 7.04. The van der Waals surface area contributed by atoms with Gasteiger partial charge in [-0.25, -0.2) is 4.79 Å². The second-order valence-corrected chi connectivity index (χ2v) is 6.30. The number of esters is 1. The van der Waals surface area contributed by atoms with Crippen molar-refractivity contribution in [3.63, 3.8) is 0 Å². The molecule has 1 amide bonds. The van der Waals surface area contributed by atoms with Crippen LogP contribution < -0.4 is 5.73 Å². The molecule has 0 aliphatic carbocycles. The number of carbonyl (C=O) groups is 2. The van der Waals surface area contributed by atoms with Crippen molar-refractivity contribution in [2.24, 2.45) is 11.7 Å². The number of methoxy groups -OCH3 is 1. The second kappa shape index (κ2) is 6.92. The SMILES string of the molecule is COC(=O)C(N)C[C@@H]1CCCN(C(=O)OC(C)(C)C)C1. The third-order valence-corrected chi connectivity index (χ3v) is 3.26. The maximum Gasteiger partial charge on any atom is 0.410 e. The van der Waals surface area contributed by atoms with E-state index in [1.54, 1.807) is 4.90 Å². The van der Waals surface area contributed by atoms with Gasteiger partial charge in [0.15, 0.2) is 0 Å². The topological polar surface area (TPSA) is 81.9 Å². The van der Waals surface area contributed by atoms with Gasteiger partial charge in [-0.2, -0.15) is 0 Å². The molecule has 0 spiro atoms. The highest BCUT2D eigenvalue weighted by molar-refractivity contribution is 5.75. The Labute approximate surface area is 120 Å². The fourth-order valence-electron chi connectivity index (χ4n) is 2.36. The number of hydrogen-bond donors (Lipinski definition) is 1. The molecular weight excluding hydrogens is 260 g/mol. The summed E-state index contributed by atoms with van der Waals surface area (Å²) in [5.41, 5.74) is 5.28. The number of ether oxygens (including phenoxy) is 2. The Balaban J connectivity index is 2.50. The molecule has 0 radical (unpaired) electrons. The molecule has 1 unspecified atom stereocenters. The minimum absolute atomic E-state index is 0.213. The fraction of sp³-hybridized carbons (Fsp3) is 0.857. The summed E-state index contributed by atoms with van der Waals surface area (Å²) in [6.45, 7) is 6.82. The summed E-state index contributed by atoms with van der Waals surface area (Å²) in [5, 5.41) is 0. The van der Waals surface area contributed by atoms with Crippen LogP contribution >= 0.6 is 0 Å². The fourth-order valence-corrected chi connectivity index (χ4v) is 2.36. The van der Waals surface area contributed by atoms with Crippen molar-refractivity contribution in [2.45, 2.75) is 51.7 Å². The molecule has 0 bridgehead atoms. The smallest absolute Gasteiger partial charge is 0.410 e. The van der Waals surface area contributed by atoms with E-state index in [-0.39, 0.29) is 12.0 Å². The highest BCUT2D eigenvalue weighted by Gasteiger charge is 2.29. The van der Waals surface area contributed by atoms with E-state index < -0.39 is 17.6 Å². The molecule has 20 heavy (non-hydrogen) atoms. The first-order valence-electron chi connectivity index (χ1n) is 7.04. The summed E-state index contributed by atoms with van der Waals surface area (Å²) in [6, 6.07) is -0.622. The first kappa shape index (κ1) is 16.8. The van der Waals surface area contributed by atoms with E-state index in [9.17, 15) is 9.59 Å². The second-order valence-electron chi connectivity index (χ2n) is 6.30. The summed E-state index contributed by atoms with van der Waals surface area (Å²) in [5.74, 6) is -0.190. The largest absolute Gasteiger partial charge is 0.468 e. The lowest BCUT2D eigenvalue weighted by Crippen LogP contribution is -2.45. The molecule has 2 N–H and O–H groups in total. The standard InChI is InChI=1S/C14H26N2O4/c1-14(2,3)20-13(18)16-7-5-6-10(9-16)8-11(15)12(17)19-4/h10-11H,5-9,15H2,1-4H3/t10-,11?/m0/s1. The van der Waals surface area contributed by atoms with Gasteiger partial charge in [0.1, 0.15) is 11.6 Å². The van der Waals surface area contributed by atoms with Crippen LogP contribution in [0.3, 0.4) is 0 Å². The number of rotatable bonds is 3. The minimum Gasteiger partial charge on any atom is -0.468 e. The molecule has 6 nitrogen and oxygen atoms in total. The van der Waals surface area contributed by atoms with E-state index in [1.807, 2.05) is 20.8 Å². The Morgan fingerprint density at radius 3 is 2.60 bits per heavy atom. The van der Waals surface area contributed by atoms with E-state index >= 15 is 0 Å². The molecule has 1 heterocycles. The van der Waals surface area contributed by atoms with Gasteiger partial charge in [0, 0.05) is 13.1 Å².